The van der Waals surface area contributed by atoms with Gasteiger partial charge in [0.25, 0.3) is 6.47 Å². The third-order valence-electron chi connectivity index (χ3n) is 2.78. The zero-order chi connectivity index (χ0) is 11.5. The minimum atomic E-state index is 0.0338. The largest absolute Gasteiger partial charge is 0.468 e. The molecular formula is C12H24O3. The first-order valence-electron chi connectivity index (χ1n) is 5.99. The van der Waals surface area contributed by atoms with Crippen LogP contribution in [0.15, 0.2) is 0 Å². The summed E-state index contributed by atoms with van der Waals surface area (Å²) in [4.78, 5) is 9.18. The van der Waals surface area contributed by atoms with Crippen LogP contribution in [0.2, 0.25) is 0 Å². The number of aliphatic hydroxyl groups excluding tert-OH is 1. The maximum Gasteiger partial charge on any atom is 0.293 e. The molecule has 0 aliphatic heterocycles. The highest BCUT2D eigenvalue weighted by atomic mass is 16.5. The standard InChI is InChI=1S/C9H18O.C3H6O2/c1-2-3-5-8-6-4-7-9(8)10;1-2-5-3-4/h8-10H,2-7H2,1H3;3H,2H2,1H3. The van der Waals surface area contributed by atoms with Crippen LogP contribution in [-0.4, -0.2) is 24.3 Å². The molecule has 0 aromatic heterocycles. The van der Waals surface area contributed by atoms with Crippen molar-refractivity contribution in [2.75, 3.05) is 6.61 Å². The molecule has 0 aromatic rings. The van der Waals surface area contributed by atoms with Gasteiger partial charge in [-0.05, 0) is 32.1 Å². The Bertz CT molecular complexity index is 148. The number of rotatable bonds is 5. The van der Waals surface area contributed by atoms with E-state index in [1.54, 1.807) is 6.92 Å². The number of unbranched alkanes of at least 4 members (excludes halogenated alkanes) is 1. The summed E-state index contributed by atoms with van der Waals surface area (Å²) in [6.07, 6.45) is 7.40. The minimum Gasteiger partial charge on any atom is -0.468 e. The highest BCUT2D eigenvalue weighted by Crippen LogP contribution is 2.29. The molecule has 0 heterocycles. The lowest BCUT2D eigenvalue weighted by molar-refractivity contribution is -0.128. The smallest absolute Gasteiger partial charge is 0.293 e. The average Bonchev–Trinajstić information content (AvgIpc) is 2.63. The molecule has 15 heavy (non-hydrogen) atoms. The summed E-state index contributed by atoms with van der Waals surface area (Å²) in [6, 6.07) is 0. The van der Waals surface area contributed by atoms with E-state index in [4.69, 9.17) is 0 Å². The minimum absolute atomic E-state index is 0.0338. The predicted octanol–water partition coefficient (Wildman–Crippen LogP) is 2.52. The van der Waals surface area contributed by atoms with Crippen molar-refractivity contribution in [3.05, 3.63) is 0 Å². The summed E-state index contributed by atoms with van der Waals surface area (Å²) < 4.78 is 4.15. The maximum atomic E-state index is 9.42. The molecule has 3 nitrogen and oxygen atoms in total. The molecule has 1 aliphatic rings. The molecule has 1 N–H and O–H groups in total. The number of hydrogen-bond donors (Lipinski definition) is 1. The molecule has 0 radical (unpaired) electrons. The average molecular weight is 216 g/mol. The fourth-order valence-electron chi connectivity index (χ4n) is 1.89. The SMILES string of the molecule is CCCCC1CCCC1O.CCOC=O. The normalized spacial score (nSPS) is 24.2. The van der Waals surface area contributed by atoms with Crippen molar-refractivity contribution in [2.24, 2.45) is 5.92 Å². The predicted molar refractivity (Wildman–Crippen MR) is 60.6 cm³/mol. The Hall–Kier alpha value is -0.570. The summed E-state index contributed by atoms with van der Waals surface area (Å²) in [5, 5.41) is 9.42. The van der Waals surface area contributed by atoms with Crippen LogP contribution in [-0.2, 0) is 9.53 Å². The Morgan fingerprint density at radius 3 is 2.47 bits per heavy atom. The van der Waals surface area contributed by atoms with E-state index in [2.05, 4.69) is 11.7 Å². The number of carbonyl (C=O) groups excluding carboxylic acids is 1. The van der Waals surface area contributed by atoms with Gasteiger partial charge in [-0.25, -0.2) is 0 Å². The molecule has 0 bridgehead atoms. The first-order valence-corrected chi connectivity index (χ1v) is 5.99. The highest BCUT2D eigenvalue weighted by Gasteiger charge is 2.23. The third kappa shape index (κ3) is 7.37. The van der Waals surface area contributed by atoms with Crippen LogP contribution >= 0.6 is 0 Å². The van der Waals surface area contributed by atoms with E-state index in [1.807, 2.05) is 0 Å². The molecule has 90 valence electrons. The third-order valence-corrected chi connectivity index (χ3v) is 2.78. The fourth-order valence-corrected chi connectivity index (χ4v) is 1.89. The molecule has 0 amide bonds. The molecule has 0 spiro atoms. The molecular weight excluding hydrogens is 192 g/mol. The van der Waals surface area contributed by atoms with E-state index in [9.17, 15) is 9.90 Å². The van der Waals surface area contributed by atoms with Gasteiger partial charge >= 0.3 is 0 Å². The van der Waals surface area contributed by atoms with Crippen LogP contribution in [0.3, 0.4) is 0 Å². The van der Waals surface area contributed by atoms with Crippen LogP contribution in [0.25, 0.3) is 0 Å². The Kier molecular flexibility index (Phi) is 9.59. The second-order valence-electron chi connectivity index (χ2n) is 3.95. The molecule has 0 saturated heterocycles. The van der Waals surface area contributed by atoms with Gasteiger partial charge in [0, 0.05) is 0 Å². The summed E-state index contributed by atoms with van der Waals surface area (Å²) in [7, 11) is 0. The van der Waals surface area contributed by atoms with E-state index in [-0.39, 0.29) is 6.10 Å². The topological polar surface area (TPSA) is 46.5 Å². The fraction of sp³-hybridized carbons (Fsp3) is 0.917. The van der Waals surface area contributed by atoms with Crippen molar-refractivity contribution in [1.82, 2.24) is 0 Å². The molecule has 2 unspecified atom stereocenters. The van der Waals surface area contributed by atoms with Gasteiger partial charge in [0.15, 0.2) is 0 Å². The van der Waals surface area contributed by atoms with Gasteiger partial charge in [-0.15, -0.1) is 0 Å². The van der Waals surface area contributed by atoms with E-state index in [1.165, 1.54) is 32.1 Å². The molecule has 2 atom stereocenters. The van der Waals surface area contributed by atoms with Crippen molar-refractivity contribution < 1.29 is 14.6 Å². The maximum absolute atomic E-state index is 9.42. The number of ether oxygens (including phenoxy) is 1. The van der Waals surface area contributed by atoms with Crippen LogP contribution in [0.5, 0.6) is 0 Å². The molecule has 3 heteroatoms. The highest BCUT2D eigenvalue weighted by molar-refractivity contribution is 5.36. The number of aliphatic hydroxyl groups is 1. The van der Waals surface area contributed by atoms with Gasteiger partial charge < -0.3 is 9.84 Å². The summed E-state index contributed by atoms with van der Waals surface area (Å²) >= 11 is 0. The van der Waals surface area contributed by atoms with Crippen LogP contribution < -0.4 is 0 Å². The summed E-state index contributed by atoms with van der Waals surface area (Å²) in [5.74, 6) is 0.639. The number of hydrogen-bond acceptors (Lipinski definition) is 3. The van der Waals surface area contributed by atoms with Crippen molar-refractivity contribution in [3.8, 4) is 0 Å². The van der Waals surface area contributed by atoms with E-state index >= 15 is 0 Å². The quantitative estimate of drug-likeness (QED) is 0.718. The zero-order valence-corrected chi connectivity index (χ0v) is 9.95. The molecule has 1 fully saturated rings. The first kappa shape index (κ1) is 14.4. The Balaban J connectivity index is 0.000000336. The second-order valence-corrected chi connectivity index (χ2v) is 3.95. The van der Waals surface area contributed by atoms with Gasteiger partial charge in [-0.2, -0.15) is 0 Å². The van der Waals surface area contributed by atoms with Gasteiger partial charge in [-0.3, -0.25) is 4.79 Å². The van der Waals surface area contributed by atoms with Gasteiger partial charge in [0.2, 0.25) is 0 Å². The van der Waals surface area contributed by atoms with Gasteiger partial charge in [0.05, 0.1) is 12.7 Å². The van der Waals surface area contributed by atoms with Gasteiger partial charge in [-0.1, -0.05) is 26.2 Å². The van der Waals surface area contributed by atoms with Crippen molar-refractivity contribution in [3.63, 3.8) is 0 Å². The van der Waals surface area contributed by atoms with Crippen molar-refractivity contribution in [2.45, 2.75) is 58.5 Å². The molecule has 1 aliphatic carbocycles. The van der Waals surface area contributed by atoms with Crippen LogP contribution in [0.4, 0.5) is 0 Å². The van der Waals surface area contributed by atoms with E-state index < -0.39 is 0 Å². The summed E-state index contributed by atoms with van der Waals surface area (Å²) in [6.45, 7) is 4.87. The van der Waals surface area contributed by atoms with Crippen LogP contribution in [0.1, 0.15) is 52.4 Å². The zero-order valence-electron chi connectivity index (χ0n) is 9.95. The lowest BCUT2D eigenvalue weighted by atomic mass is 9.99. The summed E-state index contributed by atoms with van der Waals surface area (Å²) in [5.41, 5.74) is 0. The van der Waals surface area contributed by atoms with Crippen LogP contribution in [0, 0.1) is 5.92 Å². The van der Waals surface area contributed by atoms with Crippen molar-refractivity contribution >= 4 is 6.47 Å². The lowest BCUT2D eigenvalue weighted by Crippen LogP contribution is -2.12. The first-order chi connectivity index (χ1) is 7.26. The molecule has 1 rings (SSSR count). The Labute approximate surface area is 92.8 Å². The van der Waals surface area contributed by atoms with E-state index in [0.717, 1.165) is 6.42 Å². The number of carbonyl (C=O) groups is 1. The second kappa shape index (κ2) is 9.97. The van der Waals surface area contributed by atoms with E-state index in [0.29, 0.717) is 19.0 Å². The Morgan fingerprint density at radius 2 is 2.13 bits per heavy atom. The molecule has 0 aromatic carbocycles. The monoisotopic (exact) mass is 216 g/mol. The lowest BCUT2D eigenvalue weighted by Gasteiger charge is -2.12. The van der Waals surface area contributed by atoms with Gasteiger partial charge in [0.1, 0.15) is 0 Å². The van der Waals surface area contributed by atoms with Crippen molar-refractivity contribution in [1.29, 1.82) is 0 Å². The molecule has 1 saturated carbocycles. The Morgan fingerprint density at radius 1 is 1.40 bits per heavy atom.